The maximum Gasteiger partial charge on any atom is 0.277 e. The third kappa shape index (κ3) is 5.45. The molecule has 0 saturated carbocycles. The van der Waals surface area contributed by atoms with Gasteiger partial charge in [0.05, 0.1) is 6.21 Å². The lowest BCUT2D eigenvalue weighted by Crippen LogP contribution is -2.25. The highest BCUT2D eigenvalue weighted by Gasteiger charge is 2.12. The molecule has 2 aromatic carbocycles. The first-order valence-electron chi connectivity index (χ1n) is 8.39. The van der Waals surface area contributed by atoms with Gasteiger partial charge in [0.25, 0.3) is 5.91 Å². The van der Waals surface area contributed by atoms with Crippen LogP contribution in [-0.2, 0) is 10.2 Å². The summed E-state index contributed by atoms with van der Waals surface area (Å²) < 4.78 is 5.60. The number of para-hydroxylation sites is 1. The van der Waals surface area contributed by atoms with E-state index in [-0.39, 0.29) is 17.9 Å². The molecule has 0 heterocycles. The zero-order valence-corrected chi connectivity index (χ0v) is 15.6. The molecule has 0 aliphatic carbocycles. The highest BCUT2D eigenvalue weighted by atomic mass is 16.5. The molecule has 1 amide bonds. The normalized spacial score (nSPS) is 11.6. The van der Waals surface area contributed by atoms with E-state index in [1.807, 2.05) is 44.2 Å². The van der Waals surface area contributed by atoms with E-state index in [1.54, 1.807) is 6.21 Å². The lowest BCUT2D eigenvalue weighted by Gasteiger charge is -2.18. The van der Waals surface area contributed by atoms with Crippen molar-refractivity contribution >= 4 is 12.1 Å². The van der Waals surface area contributed by atoms with Gasteiger partial charge in [-0.2, -0.15) is 5.10 Å². The Morgan fingerprint density at radius 3 is 2.24 bits per heavy atom. The summed E-state index contributed by atoms with van der Waals surface area (Å²) in [5.41, 5.74) is 6.82. The molecule has 25 heavy (non-hydrogen) atoms. The van der Waals surface area contributed by atoms with Gasteiger partial charge in [0.15, 0.2) is 6.61 Å². The Morgan fingerprint density at radius 1 is 1.08 bits per heavy atom. The van der Waals surface area contributed by atoms with E-state index in [2.05, 4.69) is 43.4 Å². The molecular weight excluding hydrogens is 312 g/mol. The first kappa shape index (κ1) is 18.7. The van der Waals surface area contributed by atoms with Crippen LogP contribution in [0, 0.1) is 13.8 Å². The zero-order valence-electron chi connectivity index (χ0n) is 15.6. The molecule has 0 fully saturated rings. The Balaban J connectivity index is 1.86. The van der Waals surface area contributed by atoms with Gasteiger partial charge in [-0.25, -0.2) is 5.43 Å². The van der Waals surface area contributed by atoms with Crippen molar-refractivity contribution in [3.63, 3.8) is 0 Å². The summed E-state index contributed by atoms with van der Waals surface area (Å²) in [6.45, 7) is 10.4. The maximum absolute atomic E-state index is 11.9. The molecule has 0 aliphatic heterocycles. The predicted molar refractivity (Wildman–Crippen MR) is 102 cm³/mol. The van der Waals surface area contributed by atoms with Crippen LogP contribution < -0.4 is 10.2 Å². The largest absolute Gasteiger partial charge is 0.483 e. The summed E-state index contributed by atoms with van der Waals surface area (Å²) in [6, 6.07) is 14.0. The fourth-order valence-corrected chi connectivity index (χ4v) is 2.44. The van der Waals surface area contributed by atoms with Crippen LogP contribution in [0.4, 0.5) is 0 Å². The molecule has 2 aromatic rings. The summed E-state index contributed by atoms with van der Waals surface area (Å²) in [6.07, 6.45) is 1.63. The number of benzene rings is 2. The number of hydrogen-bond donors (Lipinski definition) is 1. The fraction of sp³-hybridized carbons (Fsp3) is 0.333. The second-order valence-corrected chi connectivity index (χ2v) is 7.17. The van der Waals surface area contributed by atoms with Crippen LogP contribution in [-0.4, -0.2) is 18.7 Å². The smallest absolute Gasteiger partial charge is 0.277 e. The summed E-state index contributed by atoms with van der Waals surface area (Å²) in [5.74, 6) is 0.463. The van der Waals surface area contributed by atoms with Gasteiger partial charge < -0.3 is 4.74 Å². The third-order valence-electron chi connectivity index (χ3n) is 3.94. The minimum Gasteiger partial charge on any atom is -0.483 e. The molecule has 2 rings (SSSR count). The first-order valence-corrected chi connectivity index (χ1v) is 8.39. The molecule has 1 N–H and O–H groups in total. The van der Waals surface area contributed by atoms with Crippen molar-refractivity contribution in [3.05, 3.63) is 64.7 Å². The molecule has 0 saturated heterocycles. The van der Waals surface area contributed by atoms with E-state index in [1.165, 1.54) is 5.56 Å². The molecule has 0 radical (unpaired) electrons. The van der Waals surface area contributed by atoms with Gasteiger partial charge in [0.1, 0.15) is 5.75 Å². The number of ether oxygens (including phenoxy) is 1. The van der Waals surface area contributed by atoms with Gasteiger partial charge in [-0.1, -0.05) is 63.2 Å². The minimum absolute atomic E-state index is 0.0635. The monoisotopic (exact) mass is 338 g/mol. The molecule has 0 aromatic heterocycles. The van der Waals surface area contributed by atoms with Gasteiger partial charge in [-0.3, -0.25) is 4.79 Å². The third-order valence-corrected chi connectivity index (χ3v) is 3.94. The molecule has 4 heteroatoms. The molecule has 0 spiro atoms. The first-order chi connectivity index (χ1) is 11.8. The Hall–Kier alpha value is -2.62. The summed E-state index contributed by atoms with van der Waals surface area (Å²) in [5, 5.41) is 3.99. The molecule has 0 unspecified atom stereocenters. The van der Waals surface area contributed by atoms with Crippen LogP contribution in [0.25, 0.3) is 0 Å². The summed E-state index contributed by atoms with van der Waals surface area (Å²) in [4.78, 5) is 11.9. The molecule has 0 atom stereocenters. The van der Waals surface area contributed by atoms with Crippen molar-refractivity contribution < 1.29 is 9.53 Å². The molecular formula is C21H26N2O2. The van der Waals surface area contributed by atoms with E-state index in [0.29, 0.717) is 0 Å². The highest BCUT2D eigenvalue weighted by molar-refractivity contribution is 5.83. The van der Waals surface area contributed by atoms with Crippen molar-refractivity contribution in [2.75, 3.05) is 6.61 Å². The fourth-order valence-electron chi connectivity index (χ4n) is 2.44. The summed E-state index contributed by atoms with van der Waals surface area (Å²) >= 11 is 0. The number of carbonyl (C=O) groups excluding carboxylic acids is 1. The maximum atomic E-state index is 11.9. The van der Waals surface area contributed by atoms with Gasteiger partial charge in [-0.15, -0.1) is 0 Å². The van der Waals surface area contributed by atoms with E-state index < -0.39 is 0 Å². The van der Waals surface area contributed by atoms with Crippen molar-refractivity contribution in [1.29, 1.82) is 0 Å². The molecule has 4 nitrogen and oxygen atoms in total. The van der Waals surface area contributed by atoms with Crippen molar-refractivity contribution in [2.45, 2.75) is 40.0 Å². The van der Waals surface area contributed by atoms with Crippen LogP contribution in [0.3, 0.4) is 0 Å². The number of nitrogens with one attached hydrogen (secondary N) is 1. The second kappa shape index (κ2) is 7.97. The number of carbonyl (C=O) groups is 1. The lowest BCUT2D eigenvalue weighted by molar-refractivity contribution is -0.123. The SMILES string of the molecule is Cc1cccc(C)c1OCC(=O)N/N=C\c1ccc(C(C)(C)C)cc1. The van der Waals surface area contributed by atoms with Gasteiger partial charge in [-0.05, 0) is 41.5 Å². The quantitative estimate of drug-likeness (QED) is 0.658. The van der Waals surface area contributed by atoms with Crippen LogP contribution in [0.15, 0.2) is 47.6 Å². The van der Waals surface area contributed by atoms with Crippen molar-refractivity contribution in [1.82, 2.24) is 5.43 Å². The highest BCUT2D eigenvalue weighted by Crippen LogP contribution is 2.22. The number of rotatable bonds is 5. The predicted octanol–water partition coefficient (Wildman–Crippen LogP) is 4.13. The van der Waals surface area contributed by atoms with E-state index in [9.17, 15) is 4.79 Å². The van der Waals surface area contributed by atoms with E-state index in [4.69, 9.17) is 4.74 Å². The van der Waals surface area contributed by atoms with Crippen molar-refractivity contribution in [3.8, 4) is 5.75 Å². The minimum atomic E-state index is -0.287. The van der Waals surface area contributed by atoms with Gasteiger partial charge in [0.2, 0.25) is 0 Å². The average molecular weight is 338 g/mol. The van der Waals surface area contributed by atoms with Crippen LogP contribution in [0.2, 0.25) is 0 Å². The van der Waals surface area contributed by atoms with Crippen LogP contribution in [0.5, 0.6) is 5.75 Å². The Bertz CT molecular complexity index is 736. The van der Waals surface area contributed by atoms with E-state index >= 15 is 0 Å². The number of hydrazone groups is 1. The number of nitrogens with zero attached hydrogens (tertiary/aromatic N) is 1. The average Bonchev–Trinajstić information content (AvgIpc) is 2.54. The van der Waals surface area contributed by atoms with Gasteiger partial charge >= 0.3 is 0 Å². The molecule has 132 valence electrons. The zero-order chi connectivity index (χ0) is 18.4. The Kier molecular flexibility index (Phi) is 5.97. The molecule has 0 bridgehead atoms. The molecule has 0 aliphatic rings. The second-order valence-electron chi connectivity index (χ2n) is 7.17. The number of aryl methyl sites for hydroxylation is 2. The standard InChI is InChI=1S/C21H26N2O2/c1-15-7-6-8-16(2)20(15)25-14-19(24)23-22-13-17-9-11-18(12-10-17)21(3,4)5/h6-13H,14H2,1-5H3,(H,23,24)/b22-13-. The lowest BCUT2D eigenvalue weighted by atomic mass is 9.87. The van der Waals surface area contributed by atoms with Crippen molar-refractivity contribution in [2.24, 2.45) is 5.10 Å². The Labute approximate surface area is 149 Å². The number of amides is 1. The number of hydrogen-bond acceptors (Lipinski definition) is 3. The Morgan fingerprint density at radius 2 is 1.68 bits per heavy atom. The summed E-state index contributed by atoms with van der Waals surface area (Å²) in [7, 11) is 0. The van der Waals surface area contributed by atoms with E-state index in [0.717, 1.165) is 22.4 Å². The topological polar surface area (TPSA) is 50.7 Å². The van der Waals surface area contributed by atoms with Gasteiger partial charge in [0, 0.05) is 0 Å². The van der Waals surface area contributed by atoms with Crippen LogP contribution >= 0.6 is 0 Å². The van der Waals surface area contributed by atoms with Crippen LogP contribution in [0.1, 0.15) is 43.0 Å².